The third-order valence-electron chi connectivity index (χ3n) is 6.56. The second-order valence-corrected chi connectivity index (χ2v) is 8.95. The van der Waals surface area contributed by atoms with E-state index in [-0.39, 0.29) is 6.61 Å². The maximum atomic E-state index is 10.5. The lowest BCUT2D eigenvalue weighted by Gasteiger charge is -2.36. The van der Waals surface area contributed by atoms with Crippen LogP contribution in [-0.2, 0) is 0 Å². The fourth-order valence-corrected chi connectivity index (χ4v) is 4.64. The summed E-state index contributed by atoms with van der Waals surface area (Å²) in [5.74, 6) is 1.88. The van der Waals surface area contributed by atoms with Crippen molar-refractivity contribution in [2.24, 2.45) is 0 Å². The van der Waals surface area contributed by atoms with Crippen LogP contribution in [0.25, 0.3) is 0 Å². The number of hydrogen-bond acceptors (Lipinski definition) is 5. The maximum absolute atomic E-state index is 10.5. The van der Waals surface area contributed by atoms with Crippen LogP contribution in [0.5, 0.6) is 11.5 Å². The summed E-state index contributed by atoms with van der Waals surface area (Å²) < 4.78 is 11.0. The van der Waals surface area contributed by atoms with Gasteiger partial charge in [-0.2, -0.15) is 0 Å². The zero-order valence-electron chi connectivity index (χ0n) is 20.1. The molecule has 5 nitrogen and oxygen atoms in total. The molecule has 0 spiro atoms. The Morgan fingerprint density at radius 2 is 1.35 bits per heavy atom. The number of piperazine rings is 1. The Bertz CT molecular complexity index is 935. The second-order valence-electron chi connectivity index (χ2n) is 8.95. The molecule has 1 heterocycles. The van der Waals surface area contributed by atoms with Gasteiger partial charge in [0.2, 0.25) is 0 Å². The number of aliphatic hydroxyl groups is 1. The molecule has 180 valence electrons. The van der Waals surface area contributed by atoms with Crippen molar-refractivity contribution in [1.82, 2.24) is 9.80 Å². The average molecular weight is 461 g/mol. The normalized spacial score (nSPS) is 15.9. The maximum Gasteiger partial charge on any atom is 0.123 e. The third kappa shape index (κ3) is 7.07. The lowest BCUT2D eigenvalue weighted by atomic mass is 9.88. The summed E-state index contributed by atoms with van der Waals surface area (Å²) in [5.41, 5.74) is 2.76. The molecule has 5 heteroatoms. The molecule has 1 aliphatic rings. The van der Waals surface area contributed by atoms with E-state index in [1.807, 2.05) is 24.3 Å². The van der Waals surface area contributed by atoms with Gasteiger partial charge in [0, 0.05) is 44.7 Å². The number of ether oxygens (including phenoxy) is 2. The zero-order chi connectivity index (χ0) is 23.6. The molecule has 3 aromatic carbocycles. The molecule has 34 heavy (non-hydrogen) atoms. The van der Waals surface area contributed by atoms with E-state index in [1.165, 1.54) is 11.1 Å². The highest BCUT2D eigenvalue weighted by atomic mass is 16.5. The van der Waals surface area contributed by atoms with Crippen LogP contribution >= 0.6 is 0 Å². The molecule has 1 aliphatic heterocycles. The van der Waals surface area contributed by atoms with Crippen LogP contribution in [0, 0.1) is 0 Å². The van der Waals surface area contributed by atoms with Gasteiger partial charge >= 0.3 is 0 Å². The van der Waals surface area contributed by atoms with Crippen LogP contribution in [0.3, 0.4) is 0 Å². The van der Waals surface area contributed by atoms with Gasteiger partial charge in [-0.05, 0) is 36.2 Å². The first-order valence-electron chi connectivity index (χ1n) is 12.2. The number of hydrogen-bond donors (Lipinski definition) is 1. The van der Waals surface area contributed by atoms with Crippen molar-refractivity contribution in [2.45, 2.75) is 18.4 Å². The van der Waals surface area contributed by atoms with Gasteiger partial charge < -0.3 is 19.5 Å². The minimum absolute atomic E-state index is 0.281. The van der Waals surface area contributed by atoms with Crippen molar-refractivity contribution in [3.63, 3.8) is 0 Å². The van der Waals surface area contributed by atoms with Crippen LogP contribution in [0.15, 0.2) is 84.9 Å². The number of nitrogens with zero attached hydrogens (tertiary/aromatic N) is 2. The summed E-state index contributed by atoms with van der Waals surface area (Å²) in [4.78, 5) is 4.89. The highest BCUT2D eigenvalue weighted by molar-refractivity contribution is 5.33. The van der Waals surface area contributed by atoms with Crippen molar-refractivity contribution < 1.29 is 14.6 Å². The first-order valence-corrected chi connectivity index (χ1v) is 12.2. The fraction of sp³-hybridized carbons (Fsp3) is 0.379. The summed E-state index contributed by atoms with van der Waals surface area (Å²) in [6, 6.07) is 29.1. The molecule has 0 aliphatic carbocycles. The molecular weight excluding hydrogens is 424 g/mol. The molecule has 3 aromatic rings. The minimum atomic E-state index is -0.515. The predicted octanol–water partition coefficient (Wildman–Crippen LogP) is 4.27. The molecule has 1 atom stereocenters. The molecule has 0 bridgehead atoms. The number of methoxy groups -OCH3 is 1. The molecular formula is C29H36N2O3. The van der Waals surface area contributed by atoms with Crippen molar-refractivity contribution >= 4 is 0 Å². The summed E-state index contributed by atoms with van der Waals surface area (Å²) in [6.45, 7) is 5.98. The number of β-amino-alcohol motifs (C(OH)–C–C–N with tert-alkyl or cyclic N) is 1. The van der Waals surface area contributed by atoms with E-state index in [0.29, 0.717) is 12.5 Å². The number of benzene rings is 3. The van der Waals surface area contributed by atoms with Gasteiger partial charge in [0.05, 0.1) is 7.11 Å². The van der Waals surface area contributed by atoms with Crippen LogP contribution in [-0.4, -0.2) is 74.0 Å². The third-order valence-corrected chi connectivity index (χ3v) is 6.56. The van der Waals surface area contributed by atoms with E-state index >= 15 is 0 Å². The largest absolute Gasteiger partial charge is 0.497 e. The fourth-order valence-electron chi connectivity index (χ4n) is 4.64. The lowest BCUT2D eigenvalue weighted by molar-refractivity contribution is 0.0457. The van der Waals surface area contributed by atoms with E-state index in [4.69, 9.17) is 9.47 Å². The van der Waals surface area contributed by atoms with Crippen molar-refractivity contribution in [3.05, 3.63) is 96.1 Å². The topological polar surface area (TPSA) is 45.2 Å². The van der Waals surface area contributed by atoms with E-state index in [1.54, 1.807) is 7.11 Å². The highest BCUT2D eigenvalue weighted by Gasteiger charge is 2.21. The van der Waals surface area contributed by atoms with Gasteiger partial charge in [-0.15, -0.1) is 0 Å². The van der Waals surface area contributed by atoms with Crippen LogP contribution in [0.4, 0.5) is 0 Å². The molecule has 0 radical (unpaired) electrons. The van der Waals surface area contributed by atoms with Crippen molar-refractivity contribution in [1.29, 1.82) is 0 Å². The standard InChI is InChI=1S/C29H36N2O3/c1-33-27-13-8-14-28(21-27)34-23-26(32)22-31-19-17-30(18-20-31)16-15-29(24-9-4-2-5-10-24)25-11-6-3-7-12-25/h2-14,21,26,29,32H,15-20,22-23H2,1H3. The van der Waals surface area contributed by atoms with E-state index in [9.17, 15) is 5.11 Å². The Morgan fingerprint density at radius 1 is 0.765 bits per heavy atom. The summed E-state index contributed by atoms with van der Waals surface area (Å²) in [6.07, 6.45) is 0.587. The number of rotatable bonds is 11. The van der Waals surface area contributed by atoms with E-state index in [2.05, 4.69) is 70.5 Å². The zero-order valence-corrected chi connectivity index (χ0v) is 20.1. The molecule has 1 saturated heterocycles. The van der Waals surface area contributed by atoms with Gasteiger partial charge in [-0.3, -0.25) is 4.90 Å². The van der Waals surface area contributed by atoms with Crippen LogP contribution in [0.2, 0.25) is 0 Å². The van der Waals surface area contributed by atoms with E-state index in [0.717, 1.165) is 50.6 Å². The SMILES string of the molecule is COc1cccc(OCC(O)CN2CCN(CCC(c3ccccc3)c3ccccc3)CC2)c1. The molecule has 1 fully saturated rings. The van der Waals surface area contributed by atoms with Crippen LogP contribution in [0.1, 0.15) is 23.5 Å². The molecule has 0 amide bonds. The summed E-state index contributed by atoms with van der Waals surface area (Å²) >= 11 is 0. The molecule has 1 N–H and O–H groups in total. The monoisotopic (exact) mass is 460 g/mol. The van der Waals surface area contributed by atoms with Gasteiger partial charge in [0.1, 0.15) is 24.2 Å². The smallest absolute Gasteiger partial charge is 0.123 e. The van der Waals surface area contributed by atoms with Gasteiger partial charge in [-0.25, -0.2) is 0 Å². The van der Waals surface area contributed by atoms with Crippen molar-refractivity contribution in [2.75, 3.05) is 53.0 Å². The molecule has 4 rings (SSSR count). The molecule has 0 aromatic heterocycles. The van der Waals surface area contributed by atoms with Gasteiger partial charge in [0.25, 0.3) is 0 Å². The Morgan fingerprint density at radius 3 is 1.97 bits per heavy atom. The first-order chi connectivity index (χ1) is 16.7. The Hall–Kier alpha value is -2.86. The average Bonchev–Trinajstić information content (AvgIpc) is 2.90. The quantitative estimate of drug-likeness (QED) is 0.463. The predicted molar refractivity (Wildman–Crippen MR) is 137 cm³/mol. The van der Waals surface area contributed by atoms with Crippen molar-refractivity contribution in [3.8, 4) is 11.5 Å². The highest BCUT2D eigenvalue weighted by Crippen LogP contribution is 2.28. The molecule has 1 unspecified atom stereocenters. The lowest BCUT2D eigenvalue weighted by Crippen LogP contribution is -2.49. The van der Waals surface area contributed by atoms with Crippen LogP contribution < -0.4 is 9.47 Å². The molecule has 0 saturated carbocycles. The Labute approximate surface area is 203 Å². The first kappa shape index (κ1) is 24.3. The second kappa shape index (κ2) is 12.6. The van der Waals surface area contributed by atoms with Gasteiger partial charge in [-0.1, -0.05) is 66.7 Å². The minimum Gasteiger partial charge on any atom is -0.497 e. The summed E-state index contributed by atoms with van der Waals surface area (Å²) in [7, 11) is 1.64. The number of aliphatic hydroxyl groups excluding tert-OH is 1. The Balaban J connectivity index is 1.21. The van der Waals surface area contributed by atoms with E-state index < -0.39 is 6.10 Å². The summed E-state index contributed by atoms with van der Waals surface area (Å²) in [5, 5.41) is 10.5. The van der Waals surface area contributed by atoms with Gasteiger partial charge in [0.15, 0.2) is 0 Å². The Kier molecular flexibility index (Phi) is 8.97.